The van der Waals surface area contributed by atoms with E-state index in [1.165, 1.54) is 12.1 Å². The molecule has 5 N–H and O–H groups in total. The normalized spacial score (nSPS) is 25.8. The van der Waals surface area contributed by atoms with Crippen LogP contribution in [0.15, 0.2) is 63.8 Å². The number of benzene rings is 2. The predicted molar refractivity (Wildman–Crippen MR) is 122 cm³/mol. The van der Waals surface area contributed by atoms with Crippen LogP contribution in [0.1, 0.15) is 24.0 Å². The number of para-hydroxylation sites is 1. The van der Waals surface area contributed by atoms with Crippen LogP contribution in [0.25, 0.3) is 11.0 Å². The Morgan fingerprint density at radius 3 is 2.22 bits per heavy atom. The van der Waals surface area contributed by atoms with E-state index in [2.05, 4.69) is 0 Å². The van der Waals surface area contributed by atoms with Gasteiger partial charge in [-0.15, -0.1) is 0 Å². The fourth-order valence-corrected chi connectivity index (χ4v) is 4.29. The summed E-state index contributed by atoms with van der Waals surface area (Å²) in [6.07, 6.45) is -11.3. The summed E-state index contributed by atoms with van der Waals surface area (Å²) in [5.74, 6) is -4.03. The van der Waals surface area contributed by atoms with Crippen molar-refractivity contribution < 1.29 is 49.0 Å². The molecule has 190 valence electrons. The van der Waals surface area contributed by atoms with Crippen molar-refractivity contribution in [2.24, 2.45) is 0 Å². The molecule has 0 aliphatic carbocycles. The lowest BCUT2D eigenvalue weighted by atomic mass is 9.84. The van der Waals surface area contributed by atoms with Crippen molar-refractivity contribution in [2.75, 3.05) is 0 Å². The Morgan fingerprint density at radius 2 is 1.58 bits per heavy atom. The van der Waals surface area contributed by atoms with Gasteiger partial charge in [-0.05, 0) is 24.6 Å². The second-order valence-electron chi connectivity index (χ2n) is 8.44. The number of aliphatic carboxylic acids is 1. The third-order valence-electron chi connectivity index (χ3n) is 6.09. The number of Topliss-reactive ketones (excluding diaryl/α,β-unsaturated/α-hetero) is 1. The standard InChI is InChI=1S/C25H24O11/c1-11(26)21(35-25-20(30)18(28)19(29)22(36-25)23(31)32)15(12-7-3-2-4-8-12)16-17(27)13-9-5-6-10-14(13)34-24(16)33/h2-10,15,18-22,25,27-30H,1H3,(H,31,32)/t15-,18-,19-,20+,21+,22-,25+/m0/s1. The summed E-state index contributed by atoms with van der Waals surface area (Å²) in [5.41, 5.74) is -0.779. The van der Waals surface area contributed by atoms with Crippen molar-refractivity contribution in [3.05, 3.63) is 76.1 Å². The van der Waals surface area contributed by atoms with Crippen molar-refractivity contribution in [3.63, 3.8) is 0 Å². The second-order valence-corrected chi connectivity index (χ2v) is 8.44. The number of ketones is 1. The van der Waals surface area contributed by atoms with Gasteiger partial charge >= 0.3 is 11.6 Å². The Labute approximate surface area is 203 Å². The van der Waals surface area contributed by atoms with Gasteiger partial charge in [-0.3, -0.25) is 4.79 Å². The third-order valence-corrected chi connectivity index (χ3v) is 6.09. The Balaban J connectivity index is 1.84. The summed E-state index contributed by atoms with van der Waals surface area (Å²) in [4.78, 5) is 37.4. The predicted octanol–water partition coefficient (Wildman–Crippen LogP) is 0.497. The van der Waals surface area contributed by atoms with Crippen LogP contribution >= 0.6 is 0 Å². The molecule has 0 bridgehead atoms. The number of carbonyl (C=O) groups is 2. The number of carboxylic acid groups (broad SMARTS) is 1. The number of aromatic hydroxyl groups is 1. The van der Waals surface area contributed by atoms with Gasteiger partial charge in [-0.25, -0.2) is 9.59 Å². The summed E-state index contributed by atoms with van der Waals surface area (Å²) >= 11 is 0. The van der Waals surface area contributed by atoms with Gasteiger partial charge < -0.3 is 39.4 Å². The lowest BCUT2D eigenvalue weighted by Crippen LogP contribution is -2.61. The van der Waals surface area contributed by atoms with Gasteiger partial charge in [0.25, 0.3) is 0 Å². The maximum absolute atomic E-state index is 13.1. The van der Waals surface area contributed by atoms with E-state index in [4.69, 9.17) is 13.9 Å². The molecule has 3 aromatic rings. The molecule has 0 unspecified atom stereocenters. The molecule has 2 heterocycles. The van der Waals surface area contributed by atoms with E-state index in [1.54, 1.807) is 42.5 Å². The highest BCUT2D eigenvalue weighted by Gasteiger charge is 2.49. The molecule has 1 saturated heterocycles. The summed E-state index contributed by atoms with van der Waals surface area (Å²) in [6.45, 7) is 1.13. The zero-order valence-electron chi connectivity index (χ0n) is 18.9. The Kier molecular flexibility index (Phi) is 7.20. The Morgan fingerprint density at radius 1 is 0.944 bits per heavy atom. The van der Waals surface area contributed by atoms with Crippen molar-refractivity contribution >= 4 is 22.7 Å². The zero-order valence-corrected chi connectivity index (χ0v) is 18.9. The number of fused-ring (bicyclic) bond motifs is 1. The number of rotatable bonds is 7. The first-order valence-corrected chi connectivity index (χ1v) is 11.0. The number of ether oxygens (including phenoxy) is 2. The molecule has 1 aliphatic heterocycles. The number of hydrogen-bond donors (Lipinski definition) is 5. The molecule has 4 rings (SSSR count). The first-order chi connectivity index (χ1) is 17.1. The number of aliphatic hydroxyl groups excluding tert-OH is 3. The molecule has 2 aromatic carbocycles. The van der Waals surface area contributed by atoms with Gasteiger partial charge in [0.05, 0.1) is 16.9 Å². The number of carboxylic acids is 1. The summed E-state index contributed by atoms with van der Waals surface area (Å²) < 4.78 is 16.3. The molecule has 1 aliphatic rings. The maximum atomic E-state index is 13.1. The van der Waals surface area contributed by atoms with Gasteiger partial charge in [0.2, 0.25) is 0 Å². The first-order valence-electron chi connectivity index (χ1n) is 11.0. The summed E-state index contributed by atoms with van der Waals surface area (Å²) in [7, 11) is 0. The van der Waals surface area contributed by atoms with Crippen LogP contribution < -0.4 is 5.63 Å². The van der Waals surface area contributed by atoms with E-state index in [0.717, 1.165) is 6.92 Å². The average molecular weight is 500 g/mol. The van der Waals surface area contributed by atoms with Gasteiger partial charge in [0, 0.05) is 0 Å². The van der Waals surface area contributed by atoms with Crippen LogP contribution in [-0.4, -0.2) is 74.1 Å². The largest absolute Gasteiger partial charge is 0.507 e. The van der Waals surface area contributed by atoms with Crippen molar-refractivity contribution in [3.8, 4) is 5.75 Å². The molecule has 1 aromatic heterocycles. The molecule has 36 heavy (non-hydrogen) atoms. The quantitative estimate of drug-likeness (QED) is 0.285. The Hall–Kier alpha value is -3.61. The minimum Gasteiger partial charge on any atom is -0.507 e. The smallest absolute Gasteiger partial charge is 0.343 e. The highest BCUT2D eigenvalue weighted by atomic mass is 16.7. The molecule has 11 heteroatoms. The van der Waals surface area contributed by atoms with Crippen LogP contribution in [0, 0.1) is 0 Å². The van der Waals surface area contributed by atoms with Gasteiger partial charge in [0.15, 0.2) is 18.2 Å². The fraction of sp³-hybridized carbons (Fsp3) is 0.320. The van der Waals surface area contributed by atoms with Crippen molar-refractivity contribution in [2.45, 2.75) is 49.7 Å². The lowest BCUT2D eigenvalue weighted by molar-refractivity contribution is -0.302. The van der Waals surface area contributed by atoms with Gasteiger partial charge in [0.1, 0.15) is 35.7 Å². The maximum Gasteiger partial charge on any atom is 0.343 e. The van der Waals surface area contributed by atoms with Crippen LogP contribution in [0.2, 0.25) is 0 Å². The molecular formula is C25H24O11. The van der Waals surface area contributed by atoms with Crippen LogP contribution in [0.3, 0.4) is 0 Å². The minimum atomic E-state index is -1.97. The fourth-order valence-electron chi connectivity index (χ4n) is 4.29. The topological polar surface area (TPSA) is 184 Å². The number of aliphatic hydroxyl groups is 3. The monoisotopic (exact) mass is 500 g/mol. The van der Waals surface area contributed by atoms with Crippen molar-refractivity contribution in [1.29, 1.82) is 0 Å². The molecular weight excluding hydrogens is 476 g/mol. The summed E-state index contributed by atoms with van der Waals surface area (Å²) in [5, 5.41) is 51.1. The highest BCUT2D eigenvalue weighted by Crippen LogP contribution is 2.38. The van der Waals surface area contributed by atoms with E-state index >= 15 is 0 Å². The van der Waals surface area contributed by atoms with E-state index in [-0.39, 0.29) is 16.5 Å². The molecule has 1 fully saturated rings. The molecule has 11 nitrogen and oxygen atoms in total. The molecule has 0 radical (unpaired) electrons. The van der Waals surface area contributed by atoms with Gasteiger partial charge in [-0.1, -0.05) is 42.5 Å². The van der Waals surface area contributed by atoms with E-state index < -0.39 is 65.9 Å². The van der Waals surface area contributed by atoms with Crippen LogP contribution in [-0.2, 0) is 19.1 Å². The highest BCUT2D eigenvalue weighted by molar-refractivity contribution is 5.86. The summed E-state index contributed by atoms with van der Waals surface area (Å²) in [6, 6.07) is 14.3. The zero-order chi connectivity index (χ0) is 26.1. The third kappa shape index (κ3) is 4.62. The van der Waals surface area contributed by atoms with Crippen LogP contribution in [0.4, 0.5) is 0 Å². The minimum absolute atomic E-state index is 0.114. The SMILES string of the molecule is CC(=O)[C@@H](O[C@@H]1O[C@H](C(=O)O)[C@@H](O)[C@H](O)[C@H]1O)[C@@H](c1ccccc1)c1c(O)c2ccccc2oc1=O. The molecule has 7 atom stereocenters. The molecule has 0 amide bonds. The van der Waals surface area contributed by atoms with Crippen molar-refractivity contribution in [1.82, 2.24) is 0 Å². The van der Waals surface area contributed by atoms with E-state index in [1.807, 2.05) is 0 Å². The van der Waals surface area contributed by atoms with Crippen LogP contribution in [0.5, 0.6) is 5.75 Å². The van der Waals surface area contributed by atoms with E-state index in [0.29, 0.717) is 5.56 Å². The number of carbonyl (C=O) groups excluding carboxylic acids is 1. The Bertz CT molecular complexity index is 1320. The molecule has 0 spiro atoms. The molecule has 0 saturated carbocycles. The average Bonchev–Trinajstić information content (AvgIpc) is 2.85. The van der Waals surface area contributed by atoms with Gasteiger partial charge in [-0.2, -0.15) is 0 Å². The van der Waals surface area contributed by atoms with E-state index in [9.17, 15) is 39.9 Å². The number of hydrogen-bond acceptors (Lipinski definition) is 10. The lowest BCUT2D eigenvalue weighted by Gasteiger charge is -2.40. The first kappa shape index (κ1) is 25.5. The second kappa shape index (κ2) is 10.2.